The molecule has 0 aliphatic carbocycles. The summed E-state index contributed by atoms with van der Waals surface area (Å²) in [6.45, 7) is 0. The molecular formula is C48H29N3O2. The summed E-state index contributed by atoms with van der Waals surface area (Å²) in [6.07, 6.45) is 0. The van der Waals surface area contributed by atoms with Crippen molar-refractivity contribution < 1.29 is 25.5 Å². The number of hydrogen-bond acceptors (Lipinski definition) is 2. The fourth-order valence-electron chi connectivity index (χ4n) is 7.80. The molecule has 0 amide bonds. The predicted molar refractivity (Wildman–Crippen MR) is 220 cm³/mol. The number of nitro groups is 1. The molecule has 0 fully saturated rings. The molecule has 0 saturated heterocycles. The van der Waals surface area contributed by atoms with Crippen molar-refractivity contribution in [3.05, 3.63) is 186 Å². The lowest BCUT2D eigenvalue weighted by Crippen LogP contribution is -2.02. The maximum absolute atomic E-state index is 13.8. The van der Waals surface area contributed by atoms with Crippen LogP contribution >= 0.6 is 0 Å². The molecule has 0 unspecified atom stereocenters. The Morgan fingerprint density at radius 3 is 1.55 bits per heavy atom. The monoisotopic (exact) mass is 694 g/mol. The van der Waals surface area contributed by atoms with Gasteiger partial charge >= 0.3 is 5.69 Å². The first-order chi connectivity index (χ1) is 32.4. The van der Waals surface area contributed by atoms with Gasteiger partial charge in [-0.25, -0.2) is 0 Å². The summed E-state index contributed by atoms with van der Waals surface area (Å²) in [5.74, 6) is 0. The highest BCUT2D eigenvalue weighted by Crippen LogP contribution is 2.45. The van der Waals surface area contributed by atoms with Gasteiger partial charge in [-0.15, -0.1) is 0 Å². The van der Waals surface area contributed by atoms with Crippen LogP contribution in [0.3, 0.4) is 0 Å². The standard InChI is InChI=1S/C48H29N3O2/c52-51(53)48-40(39-21-11-20-38-33-14-2-1-13-31(33)32-15-3-4-19-37(32)47(38)39)22-12-26-46(48)50-44-25-10-7-18-36(44)41-29-30(27-28-45(41)50)49-42-23-8-5-16-34(42)35-17-6-9-24-43(35)49/h1-29H/i5D,6D,7D,8D,9D,10D,16D,17D,18D,23D,24D,25D,27D,28D,29D. The van der Waals surface area contributed by atoms with E-state index in [1.54, 1.807) is 18.2 Å². The van der Waals surface area contributed by atoms with Gasteiger partial charge in [0.05, 0.1) is 53.1 Å². The number of fused-ring (bicyclic) bond motifs is 12. The van der Waals surface area contributed by atoms with Crippen molar-refractivity contribution in [1.29, 1.82) is 0 Å². The molecule has 2 aromatic heterocycles. The molecule has 9 aromatic carbocycles. The summed E-state index contributed by atoms with van der Waals surface area (Å²) in [5.41, 5.74) is -2.48. The Morgan fingerprint density at radius 1 is 0.453 bits per heavy atom. The highest BCUT2D eigenvalue weighted by Gasteiger charge is 2.27. The second-order valence-corrected chi connectivity index (χ2v) is 12.5. The van der Waals surface area contributed by atoms with Crippen molar-refractivity contribution in [3.63, 3.8) is 0 Å². The van der Waals surface area contributed by atoms with Gasteiger partial charge in [0.25, 0.3) is 0 Å². The van der Waals surface area contributed by atoms with Crippen LogP contribution in [0, 0.1) is 10.1 Å². The fraction of sp³-hybridized carbons (Fsp3) is 0. The third-order valence-electron chi connectivity index (χ3n) is 9.90. The van der Waals surface area contributed by atoms with Gasteiger partial charge < -0.3 is 9.13 Å². The second-order valence-electron chi connectivity index (χ2n) is 12.5. The van der Waals surface area contributed by atoms with E-state index in [0.29, 0.717) is 10.9 Å². The molecule has 5 nitrogen and oxygen atoms in total. The third kappa shape index (κ3) is 4.13. The van der Waals surface area contributed by atoms with Crippen molar-refractivity contribution in [1.82, 2.24) is 9.13 Å². The van der Waals surface area contributed by atoms with E-state index < -0.39 is 123 Å². The van der Waals surface area contributed by atoms with Gasteiger partial charge in [0.1, 0.15) is 5.69 Å². The van der Waals surface area contributed by atoms with Gasteiger partial charge in [-0.3, -0.25) is 10.1 Å². The highest BCUT2D eigenvalue weighted by molar-refractivity contribution is 6.28. The van der Waals surface area contributed by atoms with Gasteiger partial charge in [-0.05, 0) is 86.3 Å². The molecule has 0 atom stereocenters. The van der Waals surface area contributed by atoms with Crippen LogP contribution in [0.2, 0.25) is 0 Å². The minimum Gasteiger partial charge on any atom is -0.309 e. The average molecular weight is 695 g/mol. The molecule has 11 rings (SSSR count). The van der Waals surface area contributed by atoms with E-state index in [2.05, 4.69) is 0 Å². The minimum absolute atomic E-state index is 0.114. The van der Waals surface area contributed by atoms with Gasteiger partial charge in [-0.2, -0.15) is 0 Å². The Labute approximate surface area is 324 Å². The topological polar surface area (TPSA) is 53.0 Å². The van der Waals surface area contributed by atoms with Crippen LogP contribution in [0.25, 0.3) is 98.4 Å². The van der Waals surface area contributed by atoms with Crippen molar-refractivity contribution in [2.45, 2.75) is 0 Å². The van der Waals surface area contributed by atoms with Crippen molar-refractivity contribution in [3.8, 4) is 22.5 Å². The van der Waals surface area contributed by atoms with E-state index in [4.69, 9.17) is 13.7 Å². The van der Waals surface area contributed by atoms with Crippen LogP contribution in [0.15, 0.2) is 176 Å². The Balaban J connectivity index is 1.34. The van der Waals surface area contributed by atoms with Gasteiger partial charge in [0.15, 0.2) is 0 Å². The summed E-state index contributed by atoms with van der Waals surface area (Å²) < 4.78 is 137. The fourth-order valence-corrected chi connectivity index (χ4v) is 7.80. The predicted octanol–water partition coefficient (Wildman–Crippen LogP) is 12.9. The Bertz CT molecular complexity index is 4080. The smallest absolute Gasteiger partial charge is 0.301 e. The van der Waals surface area contributed by atoms with E-state index in [1.165, 1.54) is 12.1 Å². The lowest BCUT2D eigenvalue weighted by Gasteiger charge is -2.16. The number of nitro benzene ring substituents is 1. The Morgan fingerprint density at radius 2 is 0.925 bits per heavy atom. The summed E-state index contributed by atoms with van der Waals surface area (Å²) in [6, 6.07) is 14.4. The first kappa shape index (κ1) is 18.3. The van der Waals surface area contributed by atoms with Crippen LogP contribution < -0.4 is 0 Å². The summed E-state index contributed by atoms with van der Waals surface area (Å²) in [7, 11) is 0. The maximum Gasteiger partial charge on any atom is 0.301 e. The van der Waals surface area contributed by atoms with Crippen LogP contribution in [-0.2, 0) is 0 Å². The summed E-state index contributed by atoms with van der Waals surface area (Å²) >= 11 is 0. The van der Waals surface area contributed by atoms with Crippen molar-refractivity contribution >= 4 is 81.6 Å². The zero-order valence-electron chi connectivity index (χ0n) is 42.2. The maximum atomic E-state index is 13.8. The normalized spacial score (nSPS) is 15.9. The molecule has 2 heterocycles. The average Bonchev–Trinajstić information content (AvgIpc) is 3.89. The number of rotatable bonds is 4. The highest BCUT2D eigenvalue weighted by atomic mass is 16.6. The van der Waals surface area contributed by atoms with Crippen LogP contribution in [0.5, 0.6) is 0 Å². The molecule has 5 heteroatoms. The number of hydrogen-bond donors (Lipinski definition) is 0. The van der Waals surface area contributed by atoms with Crippen LogP contribution in [0.1, 0.15) is 20.6 Å². The molecule has 53 heavy (non-hydrogen) atoms. The largest absolute Gasteiger partial charge is 0.309 e. The molecule has 0 saturated carbocycles. The molecule has 11 aromatic rings. The Kier molecular flexibility index (Phi) is 3.84. The summed E-state index contributed by atoms with van der Waals surface area (Å²) in [4.78, 5) is 13.1. The SMILES string of the molecule is [2H]c1c([2H])c([2H])c2c(c1[2H])c1c([2H])c(-n3c4c([2H])c([2H])c([2H])c([2H])c4c4c([2H])c([2H])c([2H])c([2H])c43)c([2H])c([2H])c1n2-c1cccc(-c2cccc3c4ccccc4c4ccccc4c23)c1[N+](=O)[O-]. The van der Waals surface area contributed by atoms with E-state index >= 15 is 0 Å². The van der Waals surface area contributed by atoms with E-state index in [9.17, 15) is 17.0 Å². The van der Waals surface area contributed by atoms with Gasteiger partial charge in [0, 0.05) is 27.2 Å². The third-order valence-corrected chi connectivity index (χ3v) is 9.90. The van der Waals surface area contributed by atoms with Crippen molar-refractivity contribution in [2.75, 3.05) is 0 Å². The van der Waals surface area contributed by atoms with E-state index in [-0.39, 0.29) is 38.3 Å². The first-order valence-electron chi connectivity index (χ1n) is 24.1. The van der Waals surface area contributed by atoms with Crippen molar-refractivity contribution in [2.24, 2.45) is 0 Å². The molecule has 248 valence electrons. The molecule has 0 radical (unpaired) electrons. The number of nitrogens with zero attached hydrogens (tertiary/aromatic N) is 3. The van der Waals surface area contributed by atoms with E-state index in [1.807, 2.05) is 54.6 Å². The minimum atomic E-state index is -0.827. The zero-order valence-corrected chi connectivity index (χ0v) is 27.2. The van der Waals surface area contributed by atoms with E-state index in [0.717, 1.165) is 36.1 Å². The molecule has 0 aliphatic rings. The van der Waals surface area contributed by atoms with Crippen LogP contribution in [-0.4, -0.2) is 14.1 Å². The quantitative estimate of drug-likeness (QED) is 0.105. The number of para-hydroxylation sites is 4. The number of aromatic nitrogens is 2. The van der Waals surface area contributed by atoms with Crippen LogP contribution in [0.4, 0.5) is 5.69 Å². The summed E-state index contributed by atoms with van der Waals surface area (Å²) in [5, 5.41) is 17.4. The van der Waals surface area contributed by atoms with Gasteiger partial charge in [-0.1, -0.05) is 127 Å². The molecular weight excluding hydrogens is 651 g/mol. The molecule has 0 aliphatic heterocycles. The molecule has 0 bridgehead atoms. The molecule has 0 spiro atoms. The lowest BCUT2D eigenvalue weighted by molar-refractivity contribution is -0.383. The Hall–Kier alpha value is -7.24. The first-order valence-corrected chi connectivity index (χ1v) is 16.6. The second kappa shape index (κ2) is 11.1. The number of benzene rings is 9. The molecule has 0 N–H and O–H groups in total. The zero-order chi connectivity index (χ0) is 48.3. The van der Waals surface area contributed by atoms with Gasteiger partial charge in [0.2, 0.25) is 0 Å². The lowest BCUT2D eigenvalue weighted by atomic mass is 9.89.